The SMILES string of the molecule is Cc1ccc(C)c(-c2cc(C(=O)N(CCC(=O)N3CCCCC3)CC(C)C)no2)c1. The molecule has 2 aromatic rings. The number of aromatic nitrogens is 1. The van der Waals surface area contributed by atoms with E-state index in [1.165, 1.54) is 6.42 Å². The number of piperidine rings is 1. The summed E-state index contributed by atoms with van der Waals surface area (Å²) in [5.41, 5.74) is 3.42. The van der Waals surface area contributed by atoms with Crippen LogP contribution >= 0.6 is 0 Å². The Bertz CT molecular complexity index is 882. The molecular formula is C24H33N3O3. The standard InChI is InChI=1S/C24H33N3O3/c1-17(2)16-27(13-10-23(28)26-11-6-5-7-12-26)24(29)21-15-22(30-25-21)20-14-18(3)8-9-19(20)4/h8-9,14-15,17H,5-7,10-13,16H2,1-4H3. The highest BCUT2D eigenvalue weighted by atomic mass is 16.5. The van der Waals surface area contributed by atoms with E-state index in [9.17, 15) is 9.59 Å². The zero-order valence-electron chi connectivity index (χ0n) is 18.6. The minimum absolute atomic E-state index is 0.132. The van der Waals surface area contributed by atoms with Crippen LogP contribution in [0, 0.1) is 19.8 Å². The van der Waals surface area contributed by atoms with Gasteiger partial charge in [0.2, 0.25) is 5.91 Å². The number of aryl methyl sites for hydroxylation is 2. The molecule has 6 nitrogen and oxygen atoms in total. The summed E-state index contributed by atoms with van der Waals surface area (Å²) in [4.78, 5) is 29.4. The average Bonchev–Trinajstić information content (AvgIpc) is 3.22. The Labute approximate surface area is 179 Å². The zero-order valence-corrected chi connectivity index (χ0v) is 18.6. The van der Waals surface area contributed by atoms with Crippen molar-refractivity contribution in [2.75, 3.05) is 26.2 Å². The third-order valence-corrected chi connectivity index (χ3v) is 5.56. The van der Waals surface area contributed by atoms with Crippen molar-refractivity contribution in [2.24, 2.45) is 5.92 Å². The molecule has 0 atom stereocenters. The summed E-state index contributed by atoms with van der Waals surface area (Å²) in [7, 11) is 0. The number of carbonyl (C=O) groups excluding carboxylic acids is 2. The van der Waals surface area contributed by atoms with Crippen LogP contribution in [-0.2, 0) is 4.79 Å². The first kappa shape index (κ1) is 22.1. The van der Waals surface area contributed by atoms with E-state index in [2.05, 4.69) is 19.0 Å². The molecule has 0 spiro atoms. The normalized spacial score (nSPS) is 14.2. The molecule has 3 rings (SSSR count). The third-order valence-electron chi connectivity index (χ3n) is 5.56. The second-order valence-corrected chi connectivity index (χ2v) is 8.73. The fraction of sp³-hybridized carbons (Fsp3) is 0.542. The van der Waals surface area contributed by atoms with Crippen LogP contribution in [0.5, 0.6) is 0 Å². The molecule has 6 heteroatoms. The average molecular weight is 412 g/mol. The van der Waals surface area contributed by atoms with Gasteiger partial charge in [0.15, 0.2) is 11.5 Å². The predicted molar refractivity (Wildman–Crippen MR) is 117 cm³/mol. The van der Waals surface area contributed by atoms with Crippen LogP contribution in [-0.4, -0.2) is 52.9 Å². The van der Waals surface area contributed by atoms with Gasteiger partial charge in [-0.1, -0.05) is 36.7 Å². The van der Waals surface area contributed by atoms with Crippen LogP contribution in [0.4, 0.5) is 0 Å². The van der Waals surface area contributed by atoms with Crippen LogP contribution in [0.3, 0.4) is 0 Å². The van der Waals surface area contributed by atoms with Crippen molar-refractivity contribution < 1.29 is 14.1 Å². The van der Waals surface area contributed by atoms with E-state index in [1.54, 1.807) is 11.0 Å². The monoisotopic (exact) mass is 411 g/mol. The van der Waals surface area contributed by atoms with Gasteiger partial charge >= 0.3 is 0 Å². The molecule has 2 heterocycles. The van der Waals surface area contributed by atoms with E-state index in [1.807, 2.05) is 36.9 Å². The van der Waals surface area contributed by atoms with Gasteiger partial charge < -0.3 is 14.3 Å². The summed E-state index contributed by atoms with van der Waals surface area (Å²) in [6.45, 7) is 10.8. The fourth-order valence-electron chi connectivity index (χ4n) is 3.91. The van der Waals surface area contributed by atoms with Gasteiger partial charge in [-0.25, -0.2) is 0 Å². The maximum Gasteiger partial charge on any atom is 0.276 e. The molecule has 30 heavy (non-hydrogen) atoms. The number of hydrogen-bond donors (Lipinski definition) is 0. The smallest absolute Gasteiger partial charge is 0.276 e. The topological polar surface area (TPSA) is 66.7 Å². The Morgan fingerprint density at radius 3 is 2.57 bits per heavy atom. The molecule has 1 fully saturated rings. The third kappa shape index (κ3) is 5.49. The number of likely N-dealkylation sites (tertiary alicyclic amines) is 1. The summed E-state index contributed by atoms with van der Waals surface area (Å²) >= 11 is 0. The number of carbonyl (C=O) groups is 2. The molecule has 1 aliphatic heterocycles. The summed E-state index contributed by atoms with van der Waals surface area (Å²) < 4.78 is 5.51. The van der Waals surface area contributed by atoms with E-state index in [0.717, 1.165) is 42.6 Å². The minimum Gasteiger partial charge on any atom is -0.355 e. The van der Waals surface area contributed by atoms with Gasteiger partial charge in [-0.2, -0.15) is 0 Å². The van der Waals surface area contributed by atoms with Crippen molar-refractivity contribution in [2.45, 2.75) is 53.4 Å². The fourth-order valence-corrected chi connectivity index (χ4v) is 3.91. The highest BCUT2D eigenvalue weighted by Gasteiger charge is 2.24. The molecule has 1 aromatic heterocycles. The highest BCUT2D eigenvalue weighted by molar-refractivity contribution is 5.93. The van der Waals surface area contributed by atoms with E-state index in [0.29, 0.717) is 31.2 Å². The van der Waals surface area contributed by atoms with Crippen molar-refractivity contribution in [3.05, 3.63) is 41.1 Å². The summed E-state index contributed by atoms with van der Waals surface area (Å²) in [5.74, 6) is 0.834. The molecule has 2 amide bonds. The number of hydrogen-bond acceptors (Lipinski definition) is 4. The molecule has 0 aliphatic carbocycles. The molecular weight excluding hydrogens is 378 g/mol. The molecule has 1 aromatic carbocycles. The zero-order chi connectivity index (χ0) is 21.7. The second-order valence-electron chi connectivity index (χ2n) is 8.73. The molecule has 0 radical (unpaired) electrons. The first-order valence-electron chi connectivity index (χ1n) is 11.0. The lowest BCUT2D eigenvalue weighted by atomic mass is 10.0. The lowest BCUT2D eigenvalue weighted by molar-refractivity contribution is -0.132. The van der Waals surface area contributed by atoms with Gasteiger partial charge in [0.1, 0.15) is 0 Å². The maximum absolute atomic E-state index is 13.1. The molecule has 0 unspecified atom stereocenters. The van der Waals surface area contributed by atoms with Crippen molar-refractivity contribution in [3.63, 3.8) is 0 Å². The van der Waals surface area contributed by atoms with Gasteiger partial charge in [0, 0.05) is 44.2 Å². The largest absolute Gasteiger partial charge is 0.355 e. The van der Waals surface area contributed by atoms with Crippen LogP contribution in [0.25, 0.3) is 11.3 Å². The molecule has 0 saturated carbocycles. The molecule has 0 N–H and O–H groups in total. The summed E-state index contributed by atoms with van der Waals surface area (Å²) in [5, 5.41) is 4.05. The Hall–Kier alpha value is -2.63. The van der Waals surface area contributed by atoms with E-state index in [4.69, 9.17) is 4.52 Å². The van der Waals surface area contributed by atoms with Crippen molar-refractivity contribution in [3.8, 4) is 11.3 Å². The number of rotatable bonds is 7. The van der Waals surface area contributed by atoms with Crippen molar-refractivity contribution in [1.29, 1.82) is 0 Å². The quantitative estimate of drug-likeness (QED) is 0.675. The lowest BCUT2D eigenvalue weighted by Gasteiger charge is -2.28. The molecule has 1 aliphatic rings. The van der Waals surface area contributed by atoms with Crippen molar-refractivity contribution in [1.82, 2.24) is 15.0 Å². The van der Waals surface area contributed by atoms with E-state index < -0.39 is 0 Å². The summed E-state index contributed by atoms with van der Waals surface area (Å²) in [6.07, 6.45) is 3.68. The van der Waals surface area contributed by atoms with Gasteiger partial charge in [-0.05, 0) is 50.7 Å². The Morgan fingerprint density at radius 2 is 1.87 bits per heavy atom. The maximum atomic E-state index is 13.1. The van der Waals surface area contributed by atoms with Gasteiger partial charge in [-0.3, -0.25) is 9.59 Å². The highest BCUT2D eigenvalue weighted by Crippen LogP contribution is 2.26. The molecule has 1 saturated heterocycles. The Morgan fingerprint density at radius 1 is 1.13 bits per heavy atom. The Balaban J connectivity index is 1.71. The number of amides is 2. The van der Waals surface area contributed by atoms with Gasteiger partial charge in [0.05, 0.1) is 0 Å². The first-order chi connectivity index (χ1) is 14.3. The number of nitrogens with zero attached hydrogens (tertiary/aromatic N) is 3. The van der Waals surface area contributed by atoms with E-state index in [-0.39, 0.29) is 17.5 Å². The lowest BCUT2D eigenvalue weighted by Crippen LogP contribution is -2.40. The Kier molecular flexibility index (Phi) is 7.29. The number of benzene rings is 1. The van der Waals surface area contributed by atoms with E-state index >= 15 is 0 Å². The van der Waals surface area contributed by atoms with Gasteiger partial charge in [0.25, 0.3) is 5.91 Å². The van der Waals surface area contributed by atoms with Crippen LogP contribution in [0.2, 0.25) is 0 Å². The van der Waals surface area contributed by atoms with Crippen LogP contribution in [0.15, 0.2) is 28.8 Å². The van der Waals surface area contributed by atoms with Gasteiger partial charge in [-0.15, -0.1) is 0 Å². The second kappa shape index (κ2) is 9.92. The molecule has 0 bridgehead atoms. The first-order valence-corrected chi connectivity index (χ1v) is 11.0. The summed E-state index contributed by atoms with van der Waals surface area (Å²) in [6, 6.07) is 7.83. The predicted octanol–water partition coefficient (Wildman–Crippen LogP) is 4.46. The molecule has 162 valence electrons. The van der Waals surface area contributed by atoms with Crippen LogP contribution < -0.4 is 0 Å². The van der Waals surface area contributed by atoms with Crippen molar-refractivity contribution >= 4 is 11.8 Å². The minimum atomic E-state index is -0.185. The van der Waals surface area contributed by atoms with Crippen LogP contribution in [0.1, 0.15) is 61.1 Å².